The van der Waals surface area contributed by atoms with Crippen molar-refractivity contribution in [2.45, 2.75) is 19.3 Å². The number of hydrogen-bond acceptors (Lipinski definition) is 1. The predicted molar refractivity (Wildman–Crippen MR) is 34.6 cm³/mol. The van der Waals surface area contributed by atoms with Crippen molar-refractivity contribution < 1.29 is 4.79 Å². The molecular formula is C8H9O. The molecule has 0 spiro atoms. The van der Waals surface area contributed by atoms with Gasteiger partial charge in [-0.25, -0.2) is 0 Å². The van der Waals surface area contributed by atoms with Gasteiger partial charge >= 0.3 is 0 Å². The van der Waals surface area contributed by atoms with E-state index in [2.05, 4.69) is 12.4 Å². The molecule has 0 aromatic carbocycles. The second-order valence-electron chi connectivity index (χ2n) is 3.12. The third kappa shape index (κ3) is 0.576. The minimum absolute atomic E-state index is 0.134. The molecule has 2 unspecified atom stereocenters. The Bertz CT molecular complexity index is 171. The monoisotopic (exact) mass is 121 g/mol. The van der Waals surface area contributed by atoms with E-state index in [0.29, 0.717) is 5.92 Å². The molecule has 1 heteroatoms. The van der Waals surface area contributed by atoms with E-state index in [0.717, 1.165) is 12.8 Å². The van der Waals surface area contributed by atoms with Crippen molar-refractivity contribution in [2.75, 3.05) is 0 Å². The first kappa shape index (κ1) is 5.21. The van der Waals surface area contributed by atoms with E-state index >= 15 is 0 Å². The third-order valence-corrected chi connectivity index (χ3v) is 2.48. The molecule has 9 heavy (non-hydrogen) atoms. The average Bonchev–Trinajstić information content (AvgIpc) is 2.46. The van der Waals surface area contributed by atoms with Gasteiger partial charge in [-0.3, -0.25) is 4.79 Å². The molecule has 1 fully saturated rings. The zero-order chi connectivity index (χ0) is 6.32. The lowest BCUT2D eigenvalue weighted by Crippen LogP contribution is -2.11. The molecule has 2 rings (SSSR count). The summed E-state index contributed by atoms with van der Waals surface area (Å²) in [4.78, 5) is 10.4. The molecule has 1 radical (unpaired) electrons. The molecule has 0 N–H and O–H groups in total. The van der Waals surface area contributed by atoms with Gasteiger partial charge in [-0.15, -0.1) is 0 Å². The quantitative estimate of drug-likeness (QED) is 0.480. The lowest BCUT2D eigenvalue weighted by atomic mass is 9.90. The van der Waals surface area contributed by atoms with Gasteiger partial charge in [-0.2, -0.15) is 0 Å². The first-order chi connectivity index (χ1) is 4.35. The smallest absolute Gasteiger partial charge is 0.209 e. The van der Waals surface area contributed by atoms with Crippen molar-refractivity contribution in [1.29, 1.82) is 0 Å². The highest BCUT2D eigenvalue weighted by atomic mass is 16.1. The van der Waals surface area contributed by atoms with Gasteiger partial charge in [0.15, 0.2) is 0 Å². The van der Waals surface area contributed by atoms with Crippen LogP contribution in [0, 0.1) is 11.3 Å². The molecule has 0 saturated heterocycles. The summed E-state index contributed by atoms with van der Waals surface area (Å²) >= 11 is 0. The maximum Gasteiger partial charge on any atom is 0.209 e. The average molecular weight is 121 g/mol. The van der Waals surface area contributed by atoms with Crippen molar-refractivity contribution in [3.63, 3.8) is 0 Å². The maximum atomic E-state index is 10.4. The summed E-state index contributed by atoms with van der Waals surface area (Å²) in [5.41, 5.74) is -0.134. The van der Waals surface area contributed by atoms with Crippen LogP contribution in [0.2, 0.25) is 0 Å². The number of rotatable bonds is 1. The molecular weight excluding hydrogens is 112 g/mol. The molecule has 1 nitrogen and oxygen atoms in total. The van der Waals surface area contributed by atoms with Crippen molar-refractivity contribution in [3.8, 4) is 0 Å². The van der Waals surface area contributed by atoms with Crippen molar-refractivity contribution >= 4 is 6.29 Å². The summed E-state index contributed by atoms with van der Waals surface area (Å²) < 4.78 is 0. The minimum atomic E-state index is -0.134. The second kappa shape index (κ2) is 1.47. The van der Waals surface area contributed by atoms with Crippen LogP contribution in [0.1, 0.15) is 19.3 Å². The Morgan fingerprint density at radius 1 is 1.67 bits per heavy atom. The fraction of sp³-hybridized carbons (Fsp3) is 0.625. The van der Waals surface area contributed by atoms with Crippen molar-refractivity contribution in [3.05, 3.63) is 12.2 Å². The molecule has 2 aliphatic carbocycles. The van der Waals surface area contributed by atoms with E-state index in [1.54, 1.807) is 0 Å². The highest BCUT2D eigenvalue weighted by molar-refractivity contribution is 5.65. The van der Waals surface area contributed by atoms with Crippen LogP contribution in [0.5, 0.6) is 0 Å². The first-order valence-electron chi connectivity index (χ1n) is 3.43. The van der Waals surface area contributed by atoms with Gasteiger partial charge in [0.2, 0.25) is 6.29 Å². The first-order valence-corrected chi connectivity index (χ1v) is 3.43. The second-order valence-corrected chi connectivity index (χ2v) is 3.12. The SMILES string of the molecule is O=[C]C12C=CC(CC1)C2. The van der Waals surface area contributed by atoms with E-state index in [1.165, 1.54) is 6.42 Å². The molecule has 0 amide bonds. The molecule has 2 aliphatic rings. The largest absolute Gasteiger partial charge is 0.290 e. The molecule has 0 aromatic rings. The Balaban J connectivity index is 2.33. The van der Waals surface area contributed by atoms with E-state index in [4.69, 9.17) is 0 Å². The summed E-state index contributed by atoms with van der Waals surface area (Å²) in [6.07, 6.45) is 9.61. The molecule has 2 bridgehead atoms. The van der Waals surface area contributed by atoms with Crippen LogP contribution < -0.4 is 0 Å². The summed E-state index contributed by atoms with van der Waals surface area (Å²) in [5, 5.41) is 0. The van der Waals surface area contributed by atoms with Crippen molar-refractivity contribution in [2.24, 2.45) is 11.3 Å². The van der Waals surface area contributed by atoms with E-state index < -0.39 is 0 Å². The molecule has 47 valence electrons. The Morgan fingerprint density at radius 2 is 2.56 bits per heavy atom. The molecule has 2 atom stereocenters. The molecule has 0 aromatic heterocycles. The van der Waals surface area contributed by atoms with Crippen LogP contribution in [0.25, 0.3) is 0 Å². The zero-order valence-electron chi connectivity index (χ0n) is 5.26. The molecule has 1 saturated carbocycles. The number of carbonyl (C=O) groups excluding carboxylic acids is 1. The molecule has 0 aliphatic heterocycles. The summed E-state index contributed by atoms with van der Waals surface area (Å²) in [6, 6.07) is 0. The van der Waals surface area contributed by atoms with E-state index in [-0.39, 0.29) is 5.41 Å². The summed E-state index contributed by atoms with van der Waals surface area (Å²) in [7, 11) is 0. The lowest BCUT2D eigenvalue weighted by Gasteiger charge is -2.11. The van der Waals surface area contributed by atoms with Crippen molar-refractivity contribution in [1.82, 2.24) is 0 Å². The fourth-order valence-electron chi connectivity index (χ4n) is 1.88. The lowest BCUT2D eigenvalue weighted by molar-refractivity contribution is 0.472. The Labute approximate surface area is 54.8 Å². The van der Waals surface area contributed by atoms with Gasteiger partial charge < -0.3 is 0 Å². The van der Waals surface area contributed by atoms with Gasteiger partial charge in [-0.05, 0) is 25.2 Å². The van der Waals surface area contributed by atoms with E-state index in [9.17, 15) is 4.79 Å². The normalized spacial score (nSPS) is 46.0. The fourth-order valence-corrected chi connectivity index (χ4v) is 1.88. The standard InChI is InChI=1S/C8H9O/c9-6-8-3-1-7(5-8)2-4-8/h1,3,7H,2,4-5H2. The minimum Gasteiger partial charge on any atom is -0.290 e. The summed E-state index contributed by atoms with van der Waals surface area (Å²) in [6.45, 7) is 0. The van der Waals surface area contributed by atoms with Crippen LogP contribution >= 0.6 is 0 Å². The number of fused-ring (bicyclic) bond motifs is 2. The van der Waals surface area contributed by atoms with Crippen LogP contribution in [0.3, 0.4) is 0 Å². The van der Waals surface area contributed by atoms with Crippen LogP contribution in [-0.4, -0.2) is 6.29 Å². The highest BCUT2D eigenvalue weighted by Gasteiger charge is 2.41. The third-order valence-electron chi connectivity index (χ3n) is 2.48. The Morgan fingerprint density at radius 3 is 2.78 bits per heavy atom. The predicted octanol–water partition coefficient (Wildman–Crippen LogP) is 1.45. The number of allylic oxidation sites excluding steroid dienone is 2. The van der Waals surface area contributed by atoms with Crippen LogP contribution in [0.4, 0.5) is 0 Å². The summed E-state index contributed by atoms with van der Waals surface area (Å²) in [5.74, 6) is 0.700. The van der Waals surface area contributed by atoms with Crippen LogP contribution in [-0.2, 0) is 4.79 Å². The van der Waals surface area contributed by atoms with Gasteiger partial charge in [0, 0.05) is 0 Å². The maximum absolute atomic E-state index is 10.4. The van der Waals surface area contributed by atoms with Gasteiger partial charge in [0.1, 0.15) is 0 Å². The highest BCUT2D eigenvalue weighted by Crippen LogP contribution is 2.47. The van der Waals surface area contributed by atoms with E-state index in [1.807, 2.05) is 6.08 Å². The van der Waals surface area contributed by atoms with Gasteiger partial charge in [-0.1, -0.05) is 12.2 Å². The topological polar surface area (TPSA) is 17.1 Å². The van der Waals surface area contributed by atoms with Gasteiger partial charge in [0.05, 0.1) is 5.41 Å². The van der Waals surface area contributed by atoms with Crippen LogP contribution in [0.15, 0.2) is 12.2 Å². The molecule has 0 heterocycles. The Kier molecular flexibility index (Phi) is 0.850. The Hall–Kier alpha value is -0.590. The zero-order valence-corrected chi connectivity index (χ0v) is 5.26. The number of hydrogen-bond donors (Lipinski definition) is 0. The van der Waals surface area contributed by atoms with Gasteiger partial charge in [0.25, 0.3) is 0 Å².